The number of hydrogen-bond acceptors (Lipinski definition) is 4. The Morgan fingerprint density at radius 1 is 1.08 bits per heavy atom. The number of sulfonamides is 1. The van der Waals surface area contributed by atoms with Crippen LogP contribution < -0.4 is 14.8 Å². The van der Waals surface area contributed by atoms with E-state index >= 15 is 0 Å². The number of carbonyl (C=O) groups excluding carboxylic acids is 1. The molecular weight excluding hydrogens is 352 g/mol. The lowest BCUT2D eigenvalue weighted by Gasteiger charge is -2.12. The molecule has 0 aliphatic heterocycles. The highest BCUT2D eigenvalue weighted by Gasteiger charge is 2.18. The molecule has 6 nitrogen and oxygen atoms in total. The number of anilines is 1. The van der Waals surface area contributed by atoms with Crippen molar-refractivity contribution in [3.63, 3.8) is 0 Å². The van der Waals surface area contributed by atoms with E-state index in [0.29, 0.717) is 23.5 Å². The lowest BCUT2D eigenvalue weighted by atomic mass is 10.2. The molecule has 0 aromatic heterocycles. The monoisotopic (exact) mass is 376 g/mol. The van der Waals surface area contributed by atoms with E-state index in [0.717, 1.165) is 19.3 Å². The molecule has 2 rings (SSSR count). The molecule has 0 aliphatic rings. The maximum absolute atomic E-state index is 12.6. The smallest absolute Gasteiger partial charge is 0.262 e. The highest BCUT2D eigenvalue weighted by molar-refractivity contribution is 7.92. The average Bonchev–Trinajstić information content (AvgIpc) is 2.65. The number of amides is 1. The topological polar surface area (TPSA) is 84.5 Å². The van der Waals surface area contributed by atoms with Gasteiger partial charge in [0.1, 0.15) is 5.75 Å². The van der Waals surface area contributed by atoms with E-state index in [9.17, 15) is 13.2 Å². The van der Waals surface area contributed by atoms with E-state index in [2.05, 4.69) is 17.0 Å². The Kier molecular flexibility index (Phi) is 7.03. The Balaban J connectivity index is 2.16. The van der Waals surface area contributed by atoms with Crippen LogP contribution in [0.5, 0.6) is 5.75 Å². The summed E-state index contributed by atoms with van der Waals surface area (Å²) in [6.45, 7) is 2.66. The molecule has 1 amide bonds. The highest BCUT2D eigenvalue weighted by Crippen LogP contribution is 2.26. The summed E-state index contributed by atoms with van der Waals surface area (Å²) in [5.41, 5.74) is 0.647. The molecule has 2 aromatic rings. The Bertz CT molecular complexity index is 850. The van der Waals surface area contributed by atoms with Crippen LogP contribution in [0.2, 0.25) is 0 Å². The van der Waals surface area contributed by atoms with Crippen molar-refractivity contribution in [2.75, 3.05) is 18.4 Å². The standard InChI is InChI=1S/C19H24N2O4S/c1-3-4-7-13-20-19(22)15-9-8-10-16(14-15)26(23,24)21-17-11-5-6-12-18(17)25-2/h5-6,8-12,14,21H,3-4,7,13H2,1-2H3,(H,20,22). The van der Waals surface area contributed by atoms with Crippen molar-refractivity contribution in [1.29, 1.82) is 0 Å². The third-order valence-corrected chi connectivity index (χ3v) is 5.19. The van der Waals surface area contributed by atoms with Crippen molar-refractivity contribution in [2.24, 2.45) is 0 Å². The van der Waals surface area contributed by atoms with Crippen LogP contribution in [0.3, 0.4) is 0 Å². The van der Waals surface area contributed by atoms with Gasteiger partial charge in [0.15, 0.2) is 0 Å². The van der Waals surface area contributed by atoms with Crippen LogP contribution in [0.1, 0.15) is 36.5 Å². The van der Waals surface area contributed by atoms with Crippen molar-refractivity contribution in [3.05, 3.63) is 54.1 Å². The zero-order valence-corrected chi connectivity index (χ0v) is 15.8. The van der Waals surface area contributed by atoms with E-state index in [-0.39, 0.29) is 10.8 Å². The number of methoxy groups -OCH3 is 1. The molecular formula is C19H24N2O4S. The third-order valence-electron chi connectivity index (χ3n) is 3.82. The second kappa shape index (κ2) is 9.24. The number of carbonyl (C=O) groups is 1. The fourth-order valence-corrected chi connectivity index (χ4v) is 3.53. The van der Waals surface area contributed by atoms with Crippen molar-refractivity contribution >= 4 is 21.6 Å². The Morgan fingerprint density at radius 3 is 2.58 bits per heavy atom. The van der Waals surface area contributed by atoms with E-state index in [1.807, 2.05) is 0 Å². The van der Waals surface area contributed by atoms with Crippen molar-refractivity contribution in [3.8, 4) is 5.75 Å². The highest BCUT2D eigenvalue weighted by atomic mass is 32.2. The quantitative estimate of drug-likeness (QED) is 0.657. The summed E-state index contributed by atoms with van der Waals surface area (Å²) in [5.74, 6) is 0.136. The van der Waals surface area contributed by atoms with Gasteiger partial charge in [-0.05, 0) is 36.8 Å². The lowest BCUT2D eigenvalue weighted by Crippen LogP contribution is -2.24. The average molecular weight is 376 g/mol. The Hall–Kier alpha value is -2.54. The molecule has 0 atom stereocenters. The summed E-state index contributed by atoms with van der Waals surface area (Å²) < 4.78 is 32.9. The van der Waals surface area contributed by atoms with Gasteiger partial charge in [0.2, 0.25) is 0 Å². The van der Waals surface area contributed by atoms with Gasteiger partial charge in [-0.3, -0.25) is 9.52 Å². The zero-order valence-electron chi connectivity index (χ0n) is 15.0. The molecule has 0 radical (unpaired) electrons. The maximum atomic E-state index is 12.6. The number of unbranched alkanes of at least 4 members (excludes halogenated alkanes) is 2. The molecule has 0 saturated carbocycles. The number of benzene rings is 2. The fourth-order valence-electron chi connectivity index (χ4n) is 2.42. The summed E-state index contributed by atoms with van der Waals surface area (Å²) >= 11 is 0. The van der Waals surface area contributed by atoms with Crippen LogP contribution in [-0.2, 0) is 10.0 Å². The summed E-state index contributed by atoms with van der Waals surface area (Å²) in [6, 6.07) is 12.7. The molecule has 0 spiro atoms. The van der Waals surface area contributed by atoms with Gasteiger partial charge in [0, 0.05) is 12.1 Å². The minimum atomic E-state index is -3.84. The molecule has 0 aliphatic carbocycles. The minimum absolute atomic E-state index is 0.0182. The van der Waals surface area contributed by atoms with Crippen LogP contribution in [0.4, 0.5) is 5.69 Å². The van der Waals surface area contributed by atoms with Crippen LogP contribution in [0, 0.1) is 0 Å². The van der Waals surface area contributed by atoms with Gasteiger partial charge < -0.3 is 10.1 Å². The minimum Gasteiger partial charge on any atom is -0.495 e. The number of para-hydroxylation sites is 2. The zero-order chi connectivity index (χ0) is 19.0. The lowest BCUT2D eigenvalue weighted by molar-refractivity contribution is 0.0952. The normalized spacial score (nSPS) is 11.0. The van der Waals surface area contributed by atoms with E-state index < -0.39 is 10.0 Å². The fraction of sp³-hybridized carbons (Fsp3) is 0.316. The molecule has 2 aromatic carbocycles. The van der Waals surface area contributed by atoms with Crippen LogP contribution in [-0.4, -0.2) is 28.0 Å². The molecule has 0 unspecified atom stereocenters. The van der Waals surface area contributed by atoms with Crippen LogP contribution >= 0.6 is 0 Å². The van der Waals surface area contributed by atoms with Crippen molar-refractivity contribution in [2.45, 2.75) is 31.1 Å². The van der Waals surface area contributed by atoms with Gasteiger partial charge in [0.25, 0.3) is 15.9 Å². The van der Waals surface area contributed by atoms with E-state index in [4.69, 9.17) is 4.74 Å². The van der Waals surface area contributed by atoms with Crippen LogP contribution in [0.25, 0.3) is 0 Å². The summed E-state index contributed by atoms with van der Waals surface area (Å²) in [5, 5.41) is 2.81. The molecule has 26 heavy (non-hydrogen) atoms. The first-order valence-corrected chi connectivity index (χ1v) is 10.0. The Morgan fingerprint density at radius 2 is 1.85 bits per heavy atom. The van der Waals surface area contributed by atoms with E-state index in [1.165, 1.54) is 19.2 Å². The number of hydrogen-bond donors (Lipinski definition) is 2. The van der Waals surface area contributed by atoms with Gasteiger partial charge >= 0.3 is 0 Å². The maximum Gasteiger partial charge on any atom is 0.262 e. The summed E-state index contributed by atoms with van der Waals surface area (Å²) in [6.07, 6.45) is 3.01. The van der Waals surface area contributed by atoms with Gasteiger partial charge in [-0.15, -0.1) is 0 Å². The van der Waals surface area contributed by atoms with Crippen molar-refractivity contribution < 1.29 is 17.9 Å². The summed E-state index contributed by atoms with van der Waals surface area (Å²) in [7, 11) is -2.37. The van der Waals surface area contributed by atoms with Crippen LogP contribution in [0.15, 0.2) is 53.4 Å². The Labute approximate surface area is 154 Å². The second-order valence-electron chi connectivity index (χ2n) is 5.80. The number of nitrogens with one attached hydrogen (secondary N) is 2. The predicted octanol–water partition coefficient (Wildman–Crippen LogP) is 3.42. The molecule has 0 heterocycles. The van der Waals surface area contributed by atoms with E-state index in [1.54, 1.807) is 36.4 Å². The molecule has 7 heteroatoms. The molecule has 2 N–H and O–H groups in total. The first-order valence-electron chi connectivity index (χ1n) is 8.52. The molecule has 0 bridgehead atoms. The first-order chi connectivity index (χ1) is 12.5. The van der Waals surface area contributed by atoms with Gasteiger partial charge in [-0.1, -0.05) is 38.0 Å². The molecule has 0 saturated heterocycles. The number of rotatable bonds is 9. The molecule has 0 fully saturated rings. The predicted molar refractivity (Wildman–Crippen MR) is 102 cm³/mol. The third kappa shape index (κ3) is 5.23. The van der Waals surface area contributed by atoms with Gasteiger partial charge in [-0.25, -0.2) is 8.42 Å². The molecule has 140 valence electrons. The number of ether oxygens (including phenoxy) is 1. The largest absolute Gasteiger partial charge is 0.495 e. The van der Waals surface area contributed by atoms with Gasteiger partial charge in [-0.2, -0.15) is 0 Å². The van der Waals surface area contributed by atoms with Crippen molar-refractivity contribution in [1.82, 2.24) is 5.32 Å². The SMILES string of the molecule is CCCCCNC(=O)c1cccc(S(=O)(=O)Nc2ccccc2OC)c1. The van der Waals surface area contributed by atoms with Gasteiger partial charge in [0.05, 0.1) is 17.7 Å². The summed E-state index contributed by atoms with van der Waals surface area (Å²) in [4.78, 5) is 12.2. The first kappa shape index (κ1) is 19.8. The second-order valence-corrected chi connectivity index (χ2v) is 7.48.